The van der Waals surface area contributed by atoms with E-state index < -0.39 is 5.82 Å². The predicted molar refractivity (Wildman–Crippen MR) is 74.7 cm³/mol. The number of nitrogen functional groups attached to an aromatic ring is 1. The second kappa shape index (κ2) is 5.10. The molecule has 2 aromatic rings. The van der Waals surface area contributed by atoms with Crippen molar-refractivity contribution in [3.63, 3.8) is 0 Å². The third kappa shape index (κ3) is 2.73. The Morgan fingerprint density at radius 1 is 1.21 bits per heavy atom. The van der Waals surface area contributed by atoms with Crippen molar-refractivity contribution in [2.45, 2.75) is 6.92 Å². The number of benzene rings is 2. The zero-order valence-corrected chi connectivity index (χ0v) is 10.9. The van der Waals surface area contributed by atoms with Crippen molar-refractivity contribution in [1.82, 2.24) is 0 Å². The summed E-state index contributed by atoms with van der Waals surface area (Å²) in [7, 11) is 1.66. The fourth-order valence-electron chi connectivity index (χ4n) is 1.81. The standard InChI is InChI=1S/C15H15FN2O/c1-10-4-3-5-12(8-10)18(2)15(19)11-6-7-14(17)13(16)9-11/h3-9H,17H2,1-2H3. The van der Waals surface area contributed by atoms with E-state index in [2.05, 4.69) is 0 Å². The summed E-state index contributed by atoms with van der Waals surface area (Å²) in [6.45, 7) is 1.95. The first-order chi connectivity index (χ1) is 8.99. The number of anilines is 2. The average molecular weight is 258 g/mol. The van der Waals surface area contributed by atoms with Gasteiger partial charge >= 0.3 is 0 Å². The van der Waals surface area contributed by atoms with Crippen LogP contribution in [0, 0.1) is 12.7 Å². The lowest BCUT2D eigenvalue weighted by atomic mass is 10.1. The number of carbonyl (C=O) groups excluding carboxylic acids is 1. The van der Waals surface area contributed by atoms with Crippen molar-refractivity contribution < 1.29 is 9.18 Å². The molecule has 0 atom stereocenters. The molecule has 0 saturated carbocycles. The quantitative estimate of drug-likeness (QED) is 0.842. The van der Waals surface area contributed by atoms with Gasteiger partial charge in [-0.1, -0.05) is 12.1 Å². The average Bonchev–Trinajstić information content (AvgIpc) is 2.40. The van der Waals surface area contributed by atoms with Crippen molar-refractivity contribution in [3.8, 4) is 0 Å². The van der Waals surface area contributed by atoms with Gasteiger partial charge in [0.2, 0.25) is 0 Å². The first-order valence-corrected chi connectivity index (χ1v) is 5.89. The molecule has 0 radical (unpaired) electrons. The van der Waals surface area contributed by atoms with Crippen molar-refractivity contribution >= 4 is 17.3 Å². The highest BCUT2D eigenvalue weighted by atomic mass is 19.1. The third-order valence-electron chi connectivity index (χ3n) is 2.94. The van der Waals surface area contributed by atoms with Crippen molar-refractivity contribution in [3.05, 3.63) is 59.4 Å². The first kappa shape index (κ1) is 13.1. The molecule has 98 valence electrons. The van der Waals surface area contributed by atoms with E-state index in [4.69, 9.17) is 5.73 Å². The van der Waals surface area contributed by atoms with Crippen LogP contribution in [-0.2, 0) is 0 Å². The van der Waals surface area contributed by atoms with Gasteiger partial charge in [-0.05, 0) is 42.8 Å². The molecule has 0 fully saturated rings. The number of halogens is 1. The Morgan fingerprint density at radius 3 is 2.58 bits per heavy atom. The number of rotatable bonds is 2. The summed E-state index contributed by atoms with van der Waals surface area (Å²) in [5.41, 5.74) is 7.53. The Balaban J connectivity index is 2.30. The first-order valence-electron chi connectivity index (χ1n) is 5.89. The number of nitrogens with two attached hydrogens (primary N) is 1. The predicted octanol–water partition coefficient (Wildman–Crippen LogP) is 2.99. The number of carbonyl (C=O) groups is 1. The third-order valence-corrected chi connectivity index (χ3v) is 2.94. The lowest BCUT2D eigenvalue weighted by Crippen LogP contribution is -2.26. The lowest BCUT2D eigenvalue weighted by molar-refractivity contribution is 0.0992. The Morgan fingerprint density at radius 2 is 1.95 bits per heavy atom. The molecule has 0 unspecified atom stereocenters. The second-order valence-electron chi connectivity index (χ2n) is 4.44. The molecule has 0 aliphatic rings. The van der Waals surface area contributed by atoms with Gasteiger partial charge in [0.25, 0.3) is 5.91 Å². The van der Waals surface area contributed by atoms with E-state index in [1.807, 2.05) is 31.2 Å². The molecule has 4 heteroatoms. The van der Waals surface area contributed by atoms with Gasteiger partial charge < -0.3 is 10.6 Å². The van der Waals surface area contributed by atoms with Crippen LogP contribution in [0.5, 0.6) is 0 Å². The van der Waals surface area contributed by atoms with Crippen LogP contribution in [0.4, 0.5) is 15.8 Å². The molecule has 2 N–H and O–H groups in total. The minimum absolute atomic E-state index is 0.0368. The minimum Gasteiger partial charge on any atom is -0.396 e. The van der Waals surface area contributed by atoms with Crippen LogP contribution >= 0.6 is 0 Å². The summed E-state index contributed by atoms with van der Waals surface area (Å²) in [6.07, 6.45) is 0. The molecule has 1 amide bonds. The highest BCUT2D eigenvalue weighted by Crippen LogP contribution is 2.19. The monoisotopic (exact) mass is 258 g/mol. The molecule has 0 aliphatic carbocycles. The number of hydrogen-bond acceptors (Lipinski definition) is 2. The van der Waals surface area contributed by atoms with Gasteiger partial charge in [-0.25, -0.2) is 4.39 Å². The molecule has 0 spiro atoms. The Hall–Kier alpha value is -2.36. The van der Waals surface area contributed by atoms with Crippen LogP contribution in [0.15, 0.2) is 42.5 Å². The Kier molecular flexibility index (Phi) is 3.51. The summed E-state index contributed by atoms with van der Waals surface area (Å²) >= 11 is 0. The molecule has 19 heavy (non-hydrogen) atoms. The maximum absolute atomic E-state index is 13.4. The lowest BCUT2D eigenvalue weighted by Gasteiger charge is -2.18. The van der Waals surface area contributed by atoms with Crippen molar-refractivity contribution in [2.75, 3.05) is 17.7 Å². The minimum atomic E-state index is -0.580. The van der Waals surface area contributed by atoms with E-state index in [1.165, 1.54) is 17.0 Å². The SMILES string of the molecule is Cc1cccc(N(C)C(=O)c2ccc(N)c(F)c2)c1. The second-order valence-corrected chi connectivity index (χ2v) is 4.44. The van der Waals surface area contributed by atoms with Gasteiger partial charge in [0.05, 0.1) is 5.69 Å². The van der Waals surface area contributed by atoms with Crippen LogP contribution in [0.2, 0.25) is 0 Å². The van der Waals surface area contributed by atoms with Gasteiger partial charge in [0, 0.05) is 18.3 Å². The van der Waals surface area contributed by atoms with Gasteiger partial charge in [0.1, 0.15) is 5.82 Å². The maximum Gasteiger partial charge on any atom is 0.258 e. The highest BCUT2D eigenvalue weighted by Gasteiger charge is 2.14. The van der Waals surface area contributed by atoms with Crippen molar-refractivity contribution in [1.29, 1.82) is 0 Å². The fourth-order valence-corrected chi connectivity index (χ4v) is 1.81. The smallest absolute Gasteiger partial charge is 0.258 e. The largest absolute Gasteiger partial charge is 0.396 e. The van der Waals surface area contributed by atoms with E-state index in [9.17, 15) is 9.18 Å². The van der Waals surface area contributed by atoms with E-state index in [0.717, 1.165) is 17.3 Å². The normalized spacial score (nSPS) is 10.3. The van der Waals surface area contributed by atoms with Crippen LogP contribution in [0.25, 0.3) is 0 Å². The van der Waals surface area contributed by atoms with Crippen LogP contribution in [0.3, 0.4) is 0 Å². The van der Waals surface area contributed by atoms with E-state index in [-0.39, 0.29) is 17.2 Å². The molecule has 2 aromatic carbocycles. The molecule has 0 bridgehead atoms. The number of nitrogens with zero attached hydrogens (tertiary/aromatic N) is 1. The molecular formula is C15H15FN2O. The van der Waals surface area contributed by atoms with Gasteiger partial charge in [-0.15, -0.1) is 0 Å². The highest BCUT2D eigenvalue weighted by molar-refractivity contribution is 6.05. The van der Waals surface area contributed by atoms with Crippen LogP contribution < -0.4 is 10.6 Å². The zero-order chi connectivity index (χ0) is 14.0. The summed E-state index contributed by atoms with van der Waals surface area (Å²) in [5.74, 6) is -0.854. The van der Waals surface area contributed by atoms with Gasteiger partial charge in [-0.3, -0.25) is 4.79 Å². The van der Waals surface area contributed by atoms with Gasteiger partial charge in [0.15, 0.2) is 0 Å². The molecule has 3 nitrogen and oxygen atoms in total. The summed E-state index contributed by atoms with van der Waals surface area (Å²) in [5, 5.41) is 0. The van der Waals surface area contributed by atoms with E-state index in [0.29, 0.717) is 0 Å². The molecule has 0 saturated heterocycles. The van der Waals surface area contributed by atoms with Crippen molar-refractivity contribution in [2.24, 2.45) is 0 Å². The number of hydrogen-bond donors (Lipinski definition) is 1. The van der Waals surface area contributed by atoms with Crippen LogP contribution in [0.1, 0.15) is 15.9 Å². The topological polar surface area (TPSA) is 46.3 Å². The molecule has 0 heterocycles. The number of aryl methyl sites for hydroxylation is 1. The van der Waals surface area contributed by atoms with Crippen LogP contribution in [-0.4, -0.2) is 13.0 Å². The molecule has 2 rings (SSSR count). The van der Waals surface area contributed by atoms with E-state index >= 15 is 0 Å². The summed E-state index contributed by atoms with van der Waals surface area (Å²) in [6, 6.07) is 11.6. The fraction of sp³-hybridized carbons (Fsp3) is 0.133. The zero-order valence-electron chi connectivity index (χ0n) is 10.9. The summed E-state index contributed by atoms with van der Waals surface area (Å²) < 4.78 is 13.4. The molecule has 0 aromatic heterocycles. The van der Waals surface area contributed by atoms with E-state index in [1.54, 1.807) is 7.05 Å². The Bertz CT molecular complexity index is 625. The van der Waals surface area contributed by atoms with Gasteiger partial charge in [-0.2, -0.15) is 0 Å². The summed E-state index contributed by atoms with van der Waals surface area (Å²) in [4.78, 5) is 13.7. The molecular weight excluding hydrogens is 243 g/mol. The molecule has 0 aliphatic heterocycles. The Labute approximate surface area is 111 Å². The number of amides is 1. The maximum atomic E-state index is 13.4.